The maximum absolute atomic E-state index is 12.4. The lowest BCUT2D eigenvalue weighted by atomic mass is 9.79. The normalized spacial score (nSPS) is 14.2. The molecule has 0 aliphatic carbocycles. The molecule has 0 saturated heterocycles. The number of ether oxygens (including phenoxy) is 2. The summed E-state index contributed by atoms with van der Waals surface area (Å²) in [6, 6.07) is 5.03. The van der Waals surface area contributed by atoms with Crippen molar-refractivity contribution >= 4 is 137 Å². The highest BCUT2D eigenvalue weighted by atomic mass is 35.5. The van der Waals surface area contributed by atoms with Gasteiger partial charge < -0.3 is 43.8 Å². The third-order valence-electron chi connectivity index (χ3n) is 8.11. The van der Waals surface area contributed by atoms with Gasteiger partial charge in [0.25, 0.3) is 0 Å². The summed E-state index contributed by atoms with van der Waals surface area (Å²) in [5.41, 5.74) is 3.65. The molecule has 0 unspecified atom stereocenters. The van der Waals surface area contributed by atoms with Crippen LogP contribution in [-0.2, 0) is 43.3 Å². The zero-order valence-electron chi connectivity index (χ0n) is 32.4. The maximum atomic E-state index is 12.4. The summed E-state index contributed by atoms with van der Waals surface area (Å²) >= 11 is 37.1. The fourth-order valence-corrected chi connectivity index (χ4v) is 7.96. The third-order valence-corrected chi connectivity index (χ3v) is 10.2. The molecule has 2 amide bonds. The van der Waals surface area contributed by atoms with Crippen LogP contribution >= 0.6 is 69.6 Å². The van der Waals surface area contributed by atoms with Crippen molar-refractivity contribution in [2.45, 2.75) is 86.4 Å². The van der Waals surface area contributed by atoms with Crippen molar-refractivity contribution in [3.05, 3.63) is 65.0 Å². The first kappa shape index (κ1) is 47.4. The van der Waals surface area contributed by atoms with Gasteiger partial charge in [0.15, 0.2) is 0 Å². The van der Waals surface area contributed by atoms with Gasteiger partial charge in [0.2, 0.25) is 0 Å². The van der Waals surface area contributed by atoms with Gasteiger partial charge in [-0.25, -0.2) is 9.59 Å². The molecule has 3 aliphatic heterocycles. The lowest BCUT2D eigenvalue weighted by molar-refractivity contribution is 0.0580. The van der Waals surface area contributed by atoms with Crippen LogP contribution in [0.5, 0.6) is 0 Å². The average molecular weight is 910 g/mol. The molecule has 22 heteroatoms. The molecule has 308 valence electrons. The van der Waals surface area contributed by atoms with Gasteiger partial charge in [-0.1, -0.05) is 69.6 Å². The molecule has 0 saturated carbocycles. The van der Waals surface area contributed by atoms with E-state index in [1.165, 1.54) is 4.90 Å². The highest BCUT2D eigenvalue weighted by Gasteiger charge is 2.36. The van der Waals surface area contributed by atoms with Gasteiger partial charge in [-0.2, -0.15) is 0 Å². The summed E-state index contributed by atoms with van der Waals surface area (Å²) in [5, 5.41) is 36.6. The molecule has 3 aliphatic rings. The average Bonchev–Trinajstić information content (AvgIpc) is 3.77. The highest BCUT2D eigenvalue weighted by molar-refractivity contribution is 6.67. The van der Waals surface area contributed by atoms with Gasteiger partial charge in [0.05, 0.1) is 67.0 Å². The molecule has 6 rings (SSSR count). The van der Waals surface area contributed by atoms with Crippen LogP contribution < -0.4 is 31.9 Å². The lowest BCUT2D eigenvalue weighted by Crippen LogP contribution is -2.38. The minimum atomic E-state index is -1.12. The molecule has 3 aromatic rings. The second kappa shape index (κ2) is 19.4. The molecule has 13 nitrogen and oxygen atoms in total. The van der Waals surface area contributed by atoms with Crippen LogP contribution in [0.4, 0.5) is 26.7 Å². The van der Waals surface area contributed by atoms with Crippen molar-refractivity contribution in [3.8, 4) is 0 Å². The van der Waals surface area contributed by atoms with E-state index in [1.807, 2.05) is 6.92 Å². The Morgan fingerprint density at radius 3 is 1.51 bits per heavy atom. The largest absolute Gasteiger partial charge is 0.493 e. The Bertz CT molecular complexity index is 2000. The van der Waals surface area contributed by atoms with Crippen LogP contribution in [0, 0.1) is 0 Å². The van der Waals surface area contributed by atoms with Gasteiger partial charge in [-0.3, -0.25) is 10.2 Å². The standard InChI is InChI=1S/C14H18BCl2NO4.C12H14BCl2NO4.C9H10BCl2NO2/c1-5-18(13(19)22-14(2,3)4)12-9(16)6-8-7-21-15(20)10(8)11(12)17;1-12(2,3)20-11(17)16-10-7(14)4-6-5-19-13(18)8(6)9(10)15;1-2-13-9-6(11)3-5-4-15-10(14)7(5)8(9)12/h6,20H,5,7H2,1-4H3;4,18H,5H2,1-3H3,(H,16,17);3,13-14H,2,4H2,1H3. The van der Waals surface area contributed by atoms with Crippen LogP contribution in [-0.4, -0.2) is 72.9 Å². The molecule has 3 heterocycles. The SMILES string of the molecule is CC(C)(C)OC(=O)Nc1c(Cl)cc2c(c1Cl)B(O)OC2.CCN(C(=O)OC(C)(C)C)c1c(Cl)cc2c(c1Cl)B(O)OC2.CCNc1c(Cl)cc2c(c1Cl)B(O)OC2. The van der Waals surface area contributed by atoms with E-state index in [-0.39, 0.29) is 34.0 Å². The summed E-state index contributed by atoms with van der Waals surface area (Å²) in [4.78, 5) is 25.5. The van der Waals surface area contributed by atoms with E-state index in [9.17, 15) is 24.7 Å². The number of amides is 2. The number of rotatable bonds is 5. The van der Waals surface area contributed by atoms with E-state index in [4.69, 9.17) is 93.0 Å². The number of hydrogen-bond donors (Lipinski definition) is 5. The van der Waals surface area contributed by atoms with E-state index in [1.54, 1.807) is 66.7 Å². The molecular weight excluding hydrogens is 868 g/mol. The van der Waals surface area contributed by atoms with E-state index < -0.39 is 44.7 Å². The fraction of sp³-hybridized carbons (Fsp3) is 0.429. The molecule has 0 fully saturated rings. The number of hydrogen-bond acceptors (Lipinski definition) is 11. The number of carbonyl (C=O) groups is 2. The molecule has 57 heavy (non-hydrogen) atoms. The number of anilines is 3. The van der Waals surface area contributed by atoms with E-state index in [0.717, 1.165) is 12.1 Å². The predicted octanol–water partition coefficient (Wildman–Crippen LogP) is 7.17. The second-order valence-electron chi connectivity index (χ2n) is 14.7. The monoisotopic (exact) mass is 907 g/mol. The summed E-state index contributed by atoms with van der Waals surface area (Å²) in [7, 11) is -3.17. The second-order valence-corrected chi connectivity index (χ2v) is 17.1. The third kappa shape index (κ3) is 11.5. The van der Waals surface area contributed by atoms with Crippen molar-refractivity contribution in [2.75, 3.05) is 28.6 Å². The Kier molecular flexibility index (Phi) is 16.1. The zero-order chi connectivity index (χ0) is 42.7. The van der Waals surface area contributed by atoms with E-state index >= 15 is 0 Å². The smallest absolute Gasteiger partial charge is 0.444 e. The summed E-state index contributed by atoms with van der Waals surface area (Å²) in [6.45, 7) is 16.2. The topological polar surface area (TPSA) is 168 Å². The molecule has 0 aromatic heterocycles. The first-order valence-electron chi connectivity index (χ1n) is 17.6. The highest BCUT2D eigenvalue weighted by Crippen LogP contribution is 2.37. The predicted molar refractivity (Wildman–Crippen MR) is 230 cm³/mol. The van der Waals surface area contributed by atoms with Crippen LogP contribution in [0.2, 0.25) is 30.1 Å². The van der Waals surface area contributed by atoms with Gasteiger partial charge in [0.1, 0.15) is 11.2 Å². The molecule has 0 atom stereocenters. The van der Waals surface area contributed by atoms with Crippen molar-refractivity contribution in [3.63, 3.8) is 0 Å². The lowest BCUT2D eigenvalue weighted by Gasteiger charge is -2.28. The summed E-state index contributed by atoms with van der Waals surface area (Å²) in [6.07, 6.45) is -1.22. The Morgan fingerprint density at radius 2 is 1.09 bits per heavy atom. The minimum absolute atomic E-state index is 0.156. The van der Waals surface area contributed by atoms with E-state index in [0.29, 0.717) is 67.1 Å². The first-order valence-corrected chi connectivity index (χ1v) is 19.9. The van der Waals surface area contributed by atoms with Crippen LogP contribution in [0.15, 0.2) is 18.2 Å². The van der Waals surface area contributed by atoms with E-state index in [2.05, 4.69) is 10.6 Å². The number of fused-ring (bicyclic) bond motifs is 3. The van der Waals surface area contributed by atoms with Crippen molar-refractivity contribution in [1.29, 1.82) is 0 Å². The number of nitrogens with one attached hydrogen (secondary N) is 2. The van der Waals surface area contributed by atoms with Crippen molar-refractivity contribution < 1.29 is 48.1 Å². The molecule has 5 N–H and O–H groups in total. The number of carbonyl (C=O) groups excluding carboxylic acids is 2. The van der Waals surface area contributed by atoms with Gasteiger partial charge >= 0.3 is 33.5 Å². The Balaban J connectivity index is 0.000000193. The summed E-state index contributed by atoms with van der Waals surface area (Å²) < 4.78 is 25.8. The Morgan fingerprint density at radius 1 is 0.684 bits per heavy atom. The Hall–Kier alpha value is -2.31. The van der Waals surface area contributed by atoms with Crippen molar-refractivity contribution in [2.24, 2.45) is 0 Å². The Labute approximate surface area is 362 Å². The quantitative estimate of drug-likeness (QED) is 0.165. The molecule has 0 spiro atoms. The zero-order valence-corrected chi connectivity index (χ0v) is 36.9. The molecule has 3 aromatic carbocycles. The fourth-order valence-electron chi connectivity index (χ4n) is 5.76. The minimum Gasteiger partial charge on any atom is -0.444 e. The van der Waals surface area contributed by atoms with Gasteiger partial charge in [-0.15, -0.1) is 0 Å². The molecule has 0 bridgehead atoms. The molecule has 0 radical (unpaired) electrons. The van der Waals surface area contributed by atoms with Crippen LogP contribution in [0.25, 0.3) is 0 Å². The van der Waals surface area contributed by atoms with Gasteiger partial charge in [-0.05, 0) is 90.3 Å². The maximum Gasteiger partial charge on any atom is 0.493 e. The van der Waals surface area contributed by atoms with Crippen LogP contribution in [0.3, 0.4) is 0 Å². The first-order chi connectivity index (χ1) is 26.5. The van der Waals surface area contributed by atoms with Crippen molar-refractivity contribution in [1.82, 2.24) is 0 Å². The van der Waals surface area contributed by atoms with Gasteiger partial charge in [0, 0.05) is 29.5 Å². The van der Waals surface area contributed by atoms with Crippen LogP contribution in [0.1, 0.15) is 72.1 Å². The number of halogens is 6. The number of nitrogens with zero attached hydrogens (tertiary/aromatic N) is 1. The number of benzene rings is 3. The molecular formula is C35H42B3Cl6N3O10. The summed E-state index contributed by atoms with van der Waals surface area (Å²) in [5.74, 6) is 0.